The molecule has 1 unspecified atom stereocenters. The SMILES string of the molecule is C=CC(=O)N1CCC(CN=C)(OCc2cccc(C(F)(F)F)c2)C1. The summed E-state index contributed by atoms with van der Waals surface area (Å²) in [6.07, 6.45) is -2.62. The van der Waals surface area contributed by atoms with Crippen molar-refractivity contribution >= 4 is 12.6 Å². The maximum Gasteiger partial charge on any atom is 0.416 e. The Morgan fingerprint density at radius 3 is 2.83 bits per heavy atom. The second-order valence-electron chi connectivity index (χ2n) is 5.77. The molecule has 0 bridgehead atoms. The average molecular weight is 340 g/mol. The van der Waals surface area contributed by atoms with Crippen LogP contribution in [0, 0.1) is 0 Å². The van der Waals surface area contributed by atoms with Crippen molar-refractivity contribution in [1.29, 1.82) is 0 Å². The third-order valence-electron chi connectivity index (χ3n) is 4.00. The number of halogens is 3. The van der Waals surface area contributed by atoms with Gasteiger partial charge in [-0.05, 0) is 36.9 Å². The molecule has 1 aliphatic heterocycles. The van der Waals surface area contributed by atoms with E-state index in [0.29, 0.717) is 25.1 Å². The van der Waals surface area contributed by atoms with Crippen LogP contribution >= 0.6 is 0 Å². The minimum atomic E-state index is -4.39. The molecule has 1 atom stereocenters. The van der Waals surface area contributed by atoms with E-state index in [4.69, 9.17) is 4.74 Å². The summed E-state index contributed by atoms with van der Waals surface area (Å²) in [5, 5.41) is 0. The molecule has 1 fully saturated rings. The Bertz CT molecular complexity index is 631. The summed E-state index contributed by atoms with van der Waals surface area (Å²) in [5.41, 5.74) is -1.02. The second-order valence-corrected chi connectivity index (χ2v) is 5.77. The van der Waals surface area contributed by atoms with Gasteiger partial charge in [0.15, 0.2) is 0 Å². The molecule has 1 heterocycles. The van der Waals surface area contributed by atoms with Gasteiger partial charge in [-0.15, -0.1) is 0 Å². The molecular formula is C17H19F3N2O2. The van der Waals surface area contributed by atoms with Crippen LogP contribution < -0.4 is 0 Å². The standard InChI is InChI=1S/C17H19F3N2O2/c1-3-15(23)22-8-7-16(12-22,11-21-2)24-10-13-5-4-6-14(9-13)17(18,19)20/h3-6,9H,1-2,7-8,10-12H2. The Labute approximate surface area is 138 Å². The molecule has 1 aliphatic rings. The summed E-state index contributed by atoms with van der Waals surface area (Å²) >= 11 is 0. The number of hydrogen-bond donors (Lipinski definition) is 0. The third-order valence-corrected chi connectivity index (χ3v) is 4.00. The molecule has 0 aromatic heterocycles. The Kier molecular flexibility index (Phi) is 5.43. The number of alkyl halides is 3. The minimum absolute atomic E-state index is 0.00948. The van der Waals surface area contributed by atoms with Crippen LogP contribution in [0.5, 0.6) is 0 Å². The maximum absolute atomic E-state index is 12.8. The predicted molar refractivity (Wildman–Crippen MR) is 84.8 cm³/mol. The van der Waals surface area contributed by atoms with E-state index in [9.17, 15) is 18.0 Å². The van der Waals surface area contributed by atoms with Crippen LogP contribution in [-0.4, -0.2) is 42.8 Å². The molecule has 1 aromatic carbocycles. The number of aliphatic imine (C=N–C) groups is 1. The first-order valence-electron chi connectivity index (χ1n) is 7.43. The number of benzene rings is 1. The molecule has 0 N–H and O–H groups in total. The smallest absolute Gasteiger partial charge is 0.366 e. The number of hydrogen-bond acceptors (Lipinski definition) is 3. The van der Waals surface area contributed by atoms with E-state index in [1.54, 1.807) is 11.0 Å². The Morgan fingerprint density at radius 1 is 1.46 bits per heavy atom. The van der Waals surface area contributed by atoms with Crippen LogP contribution in [0.1, 0.15) is 17.5 Å². The maximum atomic E-state index is 12.8. The lowest BCUT2D eigenvalue weighted by Gasteiger charge is -2.28. The Balaban J connectivity index is 2.09. The van der Waals surface area contributed by atoms with Crippen molar-refractivity contribution in [1.82, 2.24) is 4.90 Å². The zero-order chi connectivity index (χ0) is 17.8. The summed E-state index contributed by atoms with van der Waals surface area (Å²) < 4.78 is 44.2. The van der Waals surface area contributed by atoms with Gasteiger partial charge in [0.1, 0.15) is 5.60 Å². The highest BCUT2D eigenvalue weighted by atomic mass is 19.4. The molecule has 7 heteroatoms. The summed E-state index contributed by atoms with van der Waals surface area (Å²) in [5.74, 6) is -0.205. The van der Waals surface area contributed by atoms with Crippen LogP contribution in [-0.2, 0) is 22.3 Å². The van der Waals surface area contributed by atoms with Gasteiger partial charge in [0.25, 0.3) is 0 Å². The average Bonchev–Trinajstić information content (AvgIpc) is 2.97. The highest BCUT2D eigenvalue weighted by Gasteiger charge is 2.40. The number of carbonyl (C=O) groups excluding carboxylic acids is 1. The van der Waals surface area contributed by atoms with Crippen LogP contribution in [0.3, 0.4) is 0 Å². The van der Waals surface area contributed by atoms with Gasteiger partial charge in [0.2, 0.25) is 5.91 Å². The number of rotatable bonds is 6. The minimum Gasteiger partial charge on any atom is -0.366 e. The van der Waals surface area contributed by atoms with Crippen molar-refractivity contribution < 1.29 is 22.7 Å². The Morgan fingerprint density at radius 2 is 2.21 bits per heavy atom. The fraction of sp³-hybridized carbons (Fsp3) is 0.412. The third kappa shape index (κ3) is 4.23. The first kappa shape index (κ1) is 18.2. The van der Waals surface area contributed by atoms with Crippen LogP contribution in [0.25, 0.3) is 0 Å². The molecule has 1 amide bonds. The van der Waals surface area contributed by atoms with E-state index in [0.717, 1.165) is 12.1 Å². The summed E-state index contributed by atoms with van der Waals surface area (Å²) in [7, 11) is 0. The van der Waals surface area contributed by atoms with Gasteiger partial charge in [0.05, 0.1) is 25.3 Å². The van der Waals surface area contributed by atoms with E-state index in [1.165, 1.54) is 12.1 Å². The number of amides is 1. The molecule has 1 aromatic rings. The van der Waals surface area contributed by atoms with Crippen molar-refractivity contribution in [2.75, 3.05) is 19.6 Å². The monoisotopic (exact) mass is 340 g/mol. The van der Waals surface area contributed by atoms with Gasteiger partial charge in [0, 0.05) is 6.54 Å². The van der Waals surface area contributed by atoms with Gasteiger partial charge in [-0.2, -0.15) is 13.2 Å². The molecular weight excluding hydrogens is 321 g/mol. The predicted octanol–water partition coefficient (Wildman–Crippen LogP) is 3.08. The van der Waals surface area contributed by atoms with Gasteiger partial charge < -0.3 is 9.64 Å². The highest BCUT2D eigenvalue weighted by Crippen LogP contribution is 2.31. The fourth-order valence-corrected chi connectivity index (χ4v) is 2.73. The molecule has 1 saturated heterocycles. The molecule has 130 valence electrons. The quantitative estimate of drug-likeness (QED) is 0.590. The largest absolute Gasteiger partial charge is 0.416 e. The van der Waals surface area contributed by atoms with Crippen molar-refractivity contribution in [3.05, 3.63) is 48.0 Å². The van der Waals surface area contributed by atoms with Crippen LogP contribution in [0.15, 0.2) is 41.9 Å². The summed E-state index contributed by atoms with van der Waals surface area (Å²) in [6, 6.07) is 5.01. The molecule has 0 radical (unpaired) electrons. The molecule has 24 heavy (non-hydrogen) atoms. The molecule has 2 rings (SSSR count). The van der Waals surface area contributed by atoms with Crippen molar-refractivity contribution in [2.45, 2.75) is 24.8 Å². The molecule has 0 aliphatic carbocycles. The van der Waals surface area contributed by atoms with E-state index >= 15 is 0 Å². The lowest BCUT2D eigenvalue weighted by molar-refractivity contribution is -0.137. The van der Waals surface area contributed by atoms with E-state index in [1.807, 2.05) is 0 Å². The van der Waals surface area contributed by atoms with Gasteiger partial charge in [-0.25, -0.2) is 0 Å². The molecule has 0 saturated carbocycles. The Hall–Kier alpha value is -2.15. The number of ether oxygens (including phenoxy) is 1. The van der Waals surface area contributed by atoms with Gasteiger partial charge >= 0.3 is 6.18 Å². The zero-order valence-corrected chi connectivity index (χ0v) is 13.2. The van der Waals surface area contributed by atoms with Crippen LogP contribution in [0.4, 0.5) is 13.2 Å². The van der Waals surface area contributed by atoms with E-state index in [-0.39, 0.29) is 19.1 Å². The van der Waals surface area contributed by atoms with Crippen molar-refractivity contribution in [2.24, 2.45) is 4.99 Å². The first-order chi connectivity index (χ1) is 11.3. The lowest BCUT2D eigenvalue weighted by atomic mass is 10.0. The molecule has 4 nitrogen and oxygen atoms in total. The van der Waals surface area contributed by atoms with Crippen molar-refractivity contribution in [3.63, 3.8) is 0 Å². The van der Waals surface area contributed by atoms with Crippen molar-refractivity contribution in [3.8, 4) is 0 Å². The number of likely N-dealkylation sites (tertiary alicyclic amines) is 1. The topological polar surface area (TPSA) is 41.9 Å². The fourth-order valence-electron chi connectivity index (χ4n) is 2.73. The van der Waals surface area contributed by atoms with E-state index in [2.05, 4.69) is 18.3 Å². The van der Waals surface area contributed by atoms with E-state index < -0.39 is 17.3 Å². The zero-order valence-electron chi connectivity index (χ0n) is 13.2. The number of nitrogens with zero attached hydrogens (tertiary/aromatic N) is 2. The first-order valence-corrected chi connectivity index (χ1v) is 7.43. The van der Waals surface area contributed by atoms with Gasteiger partial charge in [-0.3, -0.25) is 9.79 Å². The normalized spacial score (nSPS) is 20.9. The van der Waals surface area contributed by atoms with Gasteiger partial charge in [-0.1, -0.05) is 18.7 Å². The lowest BCUT2D eigenvalue weighted by Crippen LogP contribution is -2.40. The molecule has 0 spiro atoms. The summed E-state index contributed by atoms with van der Waals surface area (Å²) in [6.45, 7) is 7.99. The summed E-state index contributed by atoms with van der Waals surface area (Å²) in [4.78, 5) is 17.2. The highest BCUT2D eigenvalue weighted by molar-refractivity contribution is 5.87. The van der Waals surface area contributed by atoms with Crippen LogP contribution in [0.2, 0.25) is 0 Å². The second kappa shape index (κ2) is 7.17. The number of carbonyl (C=O) groups is 1.